The number of carbonyl (C=O) groups is 1. The minimum atomic E-state index is -0.142. The van der Waals surface area contributed by atoms with Crippen LogP contribution in [0.3, 0.4) is 0 Å². The Bertz CT molecular complexity index is 1100. The van der Waals surface area contributed by atoms with Gasteiger partial charge in [0.2, 0.25) is 5.91 Å². The minimum Gasteiger partial charge on any atom is -0.325 e. The molecule has 28 heavy (non-hydrogen) atoms. The van der Waals surface area contributed by atoms with Crippen molar-refractivity contribution in [2.45, 2.75) is 18.9 Å². The lowest BCUT2D eigenvalue weighted by Gasteiger charge is -2.11. The Balaban J connectivity index is 1.46. The molecule has 0 saturated heterocycles. The fraction of sp³-hybridized carbons (Fsp3) is 0.182. The maximum absolute atomic E-state index is 12.6. The zero-order valence-electron chi connectivity index (χ0n) is 14.9. The summed E-state index contributed by atoms with van der Waals surface area (Å²) in [5.41, 5.74) is 2.48. The van der Waals surface area contributed by atoms with Gasteiger partial charge in [-0.1, -0.05) is 57.9 Å². The fourth-order valence-corrected chi connectivity index (χ4v) is 3.98. The Kier molecular flexibility index (Phi) is 5.38. The molecule has 4 rings (SSSR count). The highest BCUT2D eigenvalue weighted by Gasteiger charge is 2.44. The monoisotopic (exact) mass is 456 g/mol. The first-order valence-electron chi connectivity index (χ1n) is 9.01. The van der Waals surface area contributed by atoms with E-state index in [1.165, 1.54) is 11.6 Å². The van der Waals surface area contributed by atoms with Gasteiger partial charge in [-0.2, -0.15) is 0 Å². The first-order chi connectivity index (χ1) is 13.5. The molecule has 1 aliphatic carbocycles. The summed E-state index contributed by atoms with van der Waals surface area (Å²) in [4.78, 5) is 24.8. The highest BCUT2D eigenvalue weighted by Crippen LogP contribution is 2.48. The molecule has 3 aromatic rings. The molecule has 2 unspecified atom stereocenters. The number of nitrogens with one attached hydrogen (secondary N) is 1. The van der Waals surface area contributed by atoms with Crippen molar-refractivity contribution in [3.63, 3.8) is 0 Å². The van der Waals surface area contributed by atoms with E-state index in [9.17, 15) is 9.59 Å². The van der Waals surface area contributed by atoms with Gasteiger partial charge in [-0.05, 0) is 47.7 Å². The summed E-state index contributed by atoms with van der Waals surface area (Å²) in [6.07, 6.45) is 2.50. The van der Waals surface area contributed by atoms with Crippen LogP contribution in [0.2, 0.25) is 5.02 Å². The number of halogens is 2. The quantitative estimate of drug-likeness (QED) is 0.582. The molecule has 1 amide bonds. The van der Waals surface area contributed by atoms with Crippen molar-refractivity contribution in [2.75, 3.05) is 5.32 Å². The van der Waals surface area contributed by atoms with Gasteiger partial charge in [0, 0.05) is 27.7 Å². The van der Waals surface area contributed by atoms with E-state index in [4.69, 9.17) is 11.6 Å². The normalized spacial score (nSPS) is 17.9. The number of rotatable bonds is 5. The van der Waals surface area contributed by atoms with E-state index in [0.717, 1.165) is 16.5 Å². The molecule has 0 aliphatic heterocycles. The molecule has 1 N–H and O–H groups in total. The highest BCUT2D eigenvalue weighted by atomic mass is 79.9. The molecule has 0 spiro atoms. The number of nitrogens with zero attached hydrogens (tertiary/aromatic N) is 1. The third-order valence-electron chi connectivity index (χ3n) is 4.95. The fourth-order valence-electron chi connectivity index (χ4n) is 3.36. The predicted octanol–water partition coefficient (Wildman–Crippen LogP) is 5.05. The largest absolute Gasteiger partial charge is 0.325 e. The van der Waals surface area contributed by atoms with Crippen LogP contribution >= 0.6 is 27.5 Å². The van der Waals surface area contributed by atoms with Crippen LogP contribution in [0.5, 0.6) is 0 Å². The van der Waals surface area contributed by atoms with E-state index < -0.39 is 0 Å². The Morgan fingerprint density at radius 3 is 2.75 bits per heavy atom. The third kappa shape index (κ3) is 4.21. The summed E-state index contributed by atoms with van der Waals surface area (Å²) in [5, 5.41) is 3.55. The summed E-state index contributed by atoms with van der Waals surface area (Å²) < 4.78 is 2.57. The molecule has 142 valence electrons. The summed E-state index contributed by atoms with van der Waals surface area (Å²) in [5.74, 6) is 0.178. The molecule has 1 saturated carbocycles. The molecular weight excluding hydrogens is 440 g/mol. The number of amides is 1. The summed E-state index contributed by atoms with van der Waals surface area (Å²) in [7, 11) is 0. The Morgan fingerprint density at radius 1 is 1.14 bits per heavy atom. The van der Waals surface area contributed by atoms with Crippen LogP contribution in [0, 0.1) is 5.92 Å². The lowest BCUT2D eigenvalue weighted by atomic mass is 10.1. The summed E-state index contributed by atoms with van der Waals surface area (Å²) in [6.45, 7) is 0.353. The van der Waals surface area contributed by atoms with E-state index in [0.29, 0.717) is 17.3 Å². The molecule has 6 heteroatoms. The van der Waals surface area contributed by atoms with Crippen molar-refractivity contribution in [1.82, 2.24) is 4.57 Å². The Morgan fingerprint density at radius 2 is 1.96 bits per heavy atom. The van der Waals surface area contributed by atoms with Gasteiger partial charge in [0.1, 0.15) is 0 Å². The topological polar surface area (TPSA) is 51.1 Å². The molecule has 4 nitrogen and oxygen atoms in total. The first-order valence-corrected chi connectivity index (χ1v) is 10.2. The number of carbonyl (C=O) groups excluding carboxylic acids is 1. The van der Waals surface area contributed by atoms with E-state index in [1.54, 1.807) is 22.9 Å². The number of hydrogen-bond acceptors (Lipinski definition) is 2. The van der Waals surface area contributed by atoms with Crippen molar-refractivity contribution in [1.29, 1.82) is 0 Å². The second kappa shape index (κ2) is 7.94. The molecule has 1 heterocycles. The summed E-state index contributed by atoms with van der Waals surface area (Å²) >= 11 is 9.67. The molecule has 1 fully saturated rings. The lowest BCUT2D eigenvalue weighted by molar-refractivity contribution is -0.117. The second-order valence-electron chi connectivity index (χ2n) is 6.97. The minimum absolute atomic E-state index is 0.0204. The van der Waals surface area contributed by atoms with Gasteiger partial charge in [-0.3, -0.25) is 9.59 Å². The maximum atomic E-state index is 12.6. The van der Waals surface area contributed by atoms with Crippen LogP contribution in [0.4, 0.5) is 5.69 Å². The van der Waals surface area contributed by atoms with E-state index in [1.807, 2.05) is 36.4 Å². The molecule has 1 aromatic heterocycles. The van der Waals surface area contributed by atoms with Crippen LogP contribution in [-0.4, -0.2) is 10.5 Å². The lowest BCUT2D eigenvalue weighted by Crippen LogP contribution is -2.22. The molecule has 1 aliphatic rings. The first kappa shape index (κ1) is 19.0. The van der Waals surface area contributed by atoms with Crippen LogP contribution in [-0.2, 0) is 11.3 Å². The molecular formula is C22H18BrClN2O2. The third-order valence-corrected chi connectivity index (χ3v) is 5.82. The van der Waals surface area contributed by atoms with Gasteiger partial charge < -0.3 is 9.88 Å². The van der Waals surface area contributed by atoms with Crippen LogP contribution in [0.1, 0.15) is 23.5 Å². The SMILES string of the molecule is O=C(Nc1ccc(=O)n(Cc2ccccc2Cl)c1)C1CC1c1cccc(Br)c1. The van der Waals surface area contributed by atoms with Gasteiger partial charge in [-0.15, -0.1) is 0 Å². The predicted molar refractivity (Wildman–Crippen MR) is 115 cm³/mol. The number of pyridine rings is 1. The average Bonchev–Trinajstić information content (AvgIpc) is 3.47. The molecule has 0 radical (unpaired) electrons. The van der Waals surface area contributed by atoms with Crippen LogP contribution < -0.4 is 10.9 Å². The Labute approximate surface area is 176 Å². The average molecular weight is 458 g/mol. The maximum Gasteiger partial charge on any atom is 0.250 e. The number of benzene rings is 2. The van der Waals surface area contributed by atoms with Crippen molar-refractivity contribution >= 4 is 39.1 Å². The van der Waals surface area contributed by atoms with Crippen molar-refractivity contribution in [3.8, 4) is 0 Å². The van der Waals surface area contributed by atoms with Crippen molar-refractivity contribution in [3.05, 3.63) is 97.8 Å². The second-order valence-corrected chi connectivity index (χ2v) is 8.29. The van der Waals surface area contributed by atoms with Gasteiger partial charge in [0.05, 0.1) is 12.2 Å². The van der Waals surface area contributed by atoms with Gasteiger partial charge in [0.15, 0.2) is 0 Å². The van der Waals surface area contributed by atoms with E-state index in [2.05, 4.69) is 27.3 Å². The van der Waals surface area contributed by atoms with Crippen molar-refractivity contribution < 1.29 is 4.79 Å². The van der Waals surface area contributed by atoms with Crippen LogP contribution in [0.15, 0.2) is 76.1 Å². The zero-order valence-corrected chi connectivity index (χ0v) is 17.3. The Hall–Kier alpha value is -2.37. The number of hydrogen-bond donors (Lipinski definition) is 1. The van der Waals surface area contributed by atoms with Gasteiger partial charge in [-0.25, -0.2) is 0 Å². The van der Waals surface area contributed by atoms with E-state index in [-0.39, 0.29) is 23.3 Å². The standard InChI is InChI=1S/C22H18BrClN2O2/c23-16-6-3-5-14(10-16)18-11-19(18)22(28)25-17-8-9-21(27)26(13-17)12-15-4-1-2-7-20(15)24/h1-10,13,18-19H,11-12H2,(H,25,28). The zero-order chi connectivity index (χ0) is 19.7. The van der Waals surface area contributed by atoms with Gasteiger partial charge in [0.25, 0.3) is 5.56 Å². The molecule has 2 atom stereocenters. The highest BCUT2D eigenvalue weighted by molar-refractivity contribution is 9.10. The van der Waals surface area contributed by atoms with Gasteiger partial charge >= 0.3 is 0 Å². The molecule has 0 bridgehead atoms. The number of aromatic nitrogens is 1. The summed E-state index contributed by atoms with van der Waals surface area (Å²) in [6, 6.07) is 18.6. The van der Waals surface area contributed by atoms with Crippen LogP contribution in [0.25, 0.3) is 0 Å². The van der Waals surface area contributed by atoms with E-state index >= 15 is 0 Å². The number of anilines is 1. The molecule has 2 aromatic carbocycles. The smallest absolute Gasteiger partial charge is 0.250 e. The van der Waals surface area contributed by atoms with Crippen molar-refractivity contribution in [2.24, 2.45) is 5.92 Å².